The van der Waals surface area contributed by atoms with Gasteiger partial charge in [-0.15, -0.1) is 11.3 Å². The molecule has 158 valence electrons. The Bertz CT molecular complexity index is 932. The highest BCUT2D eigenvalue weighted by Gasteiger charge is 2.50. The zero-order valence-electron chi connectivity index (χ0n) is 17.9. The molecule has 2 aromatic carbocycles. The third-order valence-electron chi connectivity index (χ3n) is 5.46. The van der Waals surface area contributed by atoms with E-state index in [1.54, 1.807) is 0 Å². The van der Waals surface area contributed by atoms with E-state index in [2.05, 4.69) is 85.2 Å². The van der Waals surface area contributed by atoms with Crippen molar-refractivity contribution in [2.75, 3.05) is 6.61 Å². The predicted molar refractivity (Wildman–Crippen MR) is 134 cm³/mol. The summed E-state index contributed by atoms with van der Waals surface area (Å²) in [6, 6.07) is 21.1. The van der Waals surface area contributed by atoms with Crippen molar-refractivity contribution in [3.05, 3.63) is 75.6 Å². The molecule has 0 atom stereocenters. The summed E-state index contributed by atoms with van der Waals surface area (Å²) >= 11 is 5.04. The van der Waals surface area contributed by atoms with Gasteiger partial charge in [-0.05, 0) is 50.2 Å². The van der Waals surface area contributed by atoms with Gasteiger partial charge in [-0.25, -0.2) is 0 Å². The summed E-state index contributed by atoms with van der Waals surface area (Å²) in [6.45, 7) is 9.25. The second-order valence-corrected chi connectivity index (χ2v) is 14.8. The Labute approximate surface area is 193 Å². The van der Waals surface area contributed by atoms with Crippen molar-refractivity contribution in [3.63, 3.8) is 0 Å². The lowest BCUT2D eigenvalue weighted by molar-refractivity contribution is 0.302. The molecule has 7 heteroatoms. The molecule has 0 fully saturated rings. The Morgan fingerprint density at radius 1 is 0.967 bits per heavy atom. The molecule has 0 saturated carbocycles. The maximum absolute atomic E-state index is 9.80. The van der Waals surface area contributed by atoms with Gasteiger partial charge in [-0.2, -0.15) is 0 Å². The Morgan fingerprint density at radius 3 is 1.90 bits per heavy atom. The van der Waals surface area contributed by atoms with E-state index >= 15 is 0 Å². The van der Waals surface area contributed by atoms with E-state index in [-0.39, 0.29) is 5.04 Å². The van der Waals surface area contributed by atoms with Crippen LogP contribution in [0.5, 0.6) is 0 Å². The molecule has 1 aromatic heterocycles. The molecule has 2 N–H and O–H groups in total. The molecule has 1 heterocycles. The van der Waals surface area contributed by atoms with Crippen molar-refractivity contribution in [2.45, 2.75) is 39.2 Å². The van der Waals surface area contributed by atoms with E-state index in [4.69, 9.17) is 4.43 Å². The fourth-order valence-corrected chi connectivity index (χ4v) is 10.4. The zero-order valence-corrected chi connectivity index (χ0v) is 21.3. The minimum Gasteiger partial charge on any atom is -0.423 e. The van der Waals surface area contributed by atoms with E-state index in [1.807, 2.05) is 19.1 Å². The van der Waals surface area contributed by atoms with Crippen LogP contribution in [0.3, 0.4) is 0 Å². The molecule has 3 aromatic rings. The quantitative estimate of drug-likeness (QED) is 0.485. The van der Waals surface area contributed by atoms with Crippen molar-refractivity contribution < 1.29 is 14.5 Å². The van der Waals surface area contributed by atoms with Crippen LogP contribution in [0.15, 0.2) is 65.1 Å². The van der Waals surface area contributed by atoms with Crippen molar-refractivity contribution in [1.29, 1.82) is 0 Å². The maximum Gasteiger partial charge on any atom is 0.499 e. The Balaban J connectivity index is 2.01. The lowest BCUT2D eigenvalue weighted by atomic mass is 9.85. The SMILES string of the molecule is Cc1sc(B(O)O)c(CCO[Si](c2ccccc2)(c2ccccc2)C(C)(C)C)c1Br. The molecule has 0 aliphatic carbocycles. The number of benzene rings is 2. The standard InChI is InChI=1S/C23H28BBrO3SSi/c1-17-21(25)20(22(29-17)24(26)27)15-16-28-30(23(2,3)4,18-11-7-5-8-12-18)19-13-9-6-10-14-19/h5-14,26-27H,15-16H2,1-4H3. The van der Waals surface area contributed by atoms with E-state index in [9.17, 15) is 10.0 Å². The lowest BCUT2D eigenvalue weighted by Crippen LogP contribution is -2.66. The fraction of sp³-hybridized carbons (Fsp3) is 0.304. The third-order valence-corrected chi connectivity index (χ3v) is 13.0. The van der Waals surface area contributed by atoms with Crippen LogP contribution in [0.2, 0.25) is 5.04 Å². The summed E-state index contributed by atoms with van der Waals surface area (Å²) < 4.78 is 8.46. The molecule has 3 nitrogen and oxygen atoms in total. The van der Waals surface area contributed by atoms with Gasteiger partial charge in [0.15, 0.2) is 0 Å². The first-order chi connectivity index (χ1) is 14.2. The van der Waals surface area contributed by atoms with E-state index in [1.165, 1.54) is 21.7 Å². The van der Waals surface area contributed by atoms with Crippen molar-refractivity contribution in [3.8, 4) is 0 Å². The summed E-state index contributed by atoms with van der Waals surface area (Å²) in [5.74, 6) is 0. The lowest BCUT2D eigenvalue weighted by Gasteiger charge is -2.43. The number of halogens is 1. The summed E-state index contributed by atoms with van der Waals surface area (Å²) in [7, 11) is -4.06. The zero-order chi connectivity index (χ0) is 21.9. The van der Waals surface area contributed by atoms with Crippen molar-refractivity contribution in [2.24, 2.45) is 0 Å². The predicted octanol–water partition coefficient (Wildman–Crippen LogP) is 3.62. The van der Waals surface area contributed by atoms with Gasteiger partial charge in [-0.3, -0.25) is 0 Å². The second-order valence-electron chi connectivity index (χ2n) is 8.45. The maximum atomic E-state index is 9.80. The molecule has 0 unspecified atom stereocenters. The van der Waals surface area contributed by atoms with E-state index < -0.39 is 15.4 Å². The first kappa shape index (κ1) is 23.4. The molecular formula is C23H28BBrO3SSi. The molecule has 0 spiro atoms. The molecule has 3 rings (SSSR count). The van der Waals surface area contributed by atoms with Crippen molar-refractivity contribution in [1.82, 2.24) is 0 Å². The van der Waals surface area contributed by atoms with Crippen LogP contribution < -0.4 is 15.1 Å². The second kappa shape index (κ2) is 9.51. The van der Waals surface area contributed by atoms with Crippen LogP contribution in [0.1, 0.15) is 31.2 Å². The highest BCUT2D eigenvalue weighted by Crippen LogP contribution is 2.37. The number of rotatable bonds is 7. The molecule has 0 bridgehead atoms. The van der Waals surface area contributed by atoms with E-state index in [0.717, 1.165) is 14.9 Å². The first-order valence-corrected chi connectivity index (χ1v) is 13.6. The summed E-state index contributed by atoms with van der Waals surface area (Å²) in [4.78, 5) is 1.04. The van der Waals surface area contributed by atoms with Gasteiger partial charge in [0.05, 0.1) is 0 Å². The minimum atomic E-state index is -2.60. The summed E-state index contributed by atoms with van der Waals surface area (Å²) in [5.41, 5.74) is 0.922. The molecule has 0 aliphatic heterocycles. The third kappa shape index (κ3) is 4.52. The number of hydrogen-bond acceptors (Lipinski definition) is 4. The minimum absolute atomic E-state index is 0.0865. The van der Waals surface area contributed by atoms with Crippen LogP contribution in [-0.2, 0) is 10.8 Å². The Morgan fingerprint density at radius 2 is 1.47 bits per heavy atom. The normalized spacial score (nSPS) is 12.2. The summed E-state index contributed by atoms with van der Waals surface area (Å²) in [5, 5.41) is 22.0. The van der Waals surface area contributed by atoms with Gasteiger partial charge in [-0.1, -0.05) is 81.4 Å². The van der Waals surface area contributed by atoms with Crippen LogP contribution in [0, 0.1) is 6.92 Å². The average molecular weight is 503 g/mol. The Kier molecular flexibility index (Phi) is 7.43. The van der Waals surface area contributed by atoms with Gasteiger partial charge in [0.25, 0.3) is 8.32 Å². The molecule has 0 aliphatic rings. The van der Waals surface area contributed by atoms with Crippen molar-refractivity contribution >= 4 is 57.9 Å². The topological polar surface area (TPSA) is 49.7 Å². The smallest absolute Gasteiger partial charge is 0.423 e. The number of thiophene rings is 1. The fourth-order valence-electron chi connectivity index (χ4n) is 4.10. The first-order valence-electron chi connectivity index (χ1n) is 10.1. The van der Waals surface area contributed by atoms with Gasteiger partial charge in [0, 0.05) is 20.7 Å². The molecule has 0 radical (unpaired) electrons. The molecular weight excluding hydrogens is 475 g/mol. The van der Waals surface area contributed by atoms with Gasteiger partial charge >= 0.3 is 7.12 Å². The van der Waals surface area contributed by atoms with Crippen LogP contribution in [0.25, 0.3) is 0 Å². The number of hydrogen-bond donors (Lipinski definition) is 2. The van der Waals surface area contributed by atoms with Gasteiger partial charge in [0.1, 0.15) is 0 Å². The Hall–Kier alpha value is -1.22. The molecule has 0 amide bonds. The highest BCUT2D eigenvalue weighted by molar-refractivity contribution is 9.10. The number of aryl methyl sites for hydroxylation is 1. The molecule has 0 saturated heterocycles. The monoisotopic (exact) mass is 502 g/mol. The average Bonchev–Trinajstić information content (AvgIpc) is 3.00. The van der Waals surface area contributed by atoms with Gasteiger partial charge < -0.3 is 14.5 Å². The largest absolute Gasteiger partial charge is 0.499 e. The summed E-state index contributed by atoms with van der Waals surface area (Å²) in [6.07, 6.45) is 0.613. The van der Waals surface area contributed by atoms with Crippen LogP contribution in [-0.4, -0.2) is 32.1 Å². The van der Waals surface area contributed by atoms with Gasteiger partial charge in [0.2, 0.25) is 0 Å². The highest BCUT2D eigenvalue weighted by atomic mass is 79.9. The van der Waals surface area contributed by atoms with E-state index in [0.29, 0.717) is 17.8 Å². The van der Waals surface area contributed by atoms with Crippen LogP contribution >= 0.6 is 27.3 Å². The van der Waals surface area contributed by atoms with Crippen LogP contribution in [0.4, 0.5) is 0 Å². The molecule has 30 heavy (non-hydrogen) atoms.